The van der Waals surface area contributed by atoms with Crippen LogP contribution in [0.3, 0.4) is 0 Å². The van der Waals surface area contributed by atoms with Crippen LogP contribution >= 0.6 is 11.6 Å². The molecule has 1 aliphatic rings. The Kier molecular flexibility index (Phi) is 5.06. The van der Waals surface area contributed by atoms with Crippen LogP contribution in [0.1, 0.15) is 58.6 Å². The van der Waals surface area contributed by atoms with Crippen LogP contribution in [0.2, 0.25) is 11.3 Å². The molecular weight excluding hydrogens is 293 g/mol. The van der Waals surface area contributed by atoms with E-state index in [1.54, 1.807) is 0 Å². The summed E-state index contributed by atoms with van der Waals surface area (Å²) in [7, 11) is 5.30. The van der Waals surface area contributed by atoms with Gasteiger partial charge in [0, 0.05) is 5.02 Å². The first kappa shape index (κ1) is 17.9. The smallest absolute Gasteiger partial charge is 0.399 e. The first-order valence-corrected chi connectivity index (χ1v) is 8.35. The molecule has 1 aromatic rings. The van der Waals surface area contributed by atoms with E-state index in [0.29, 0.717) is 12.2 Å². The van der Waals surface area contributed by atoms with Gasteiger partial charge in [0.05, 0.1) is 19.0 Å². The van der Waals surface area contributed by atoms with Crippen LogP contribution in [0.5, 0.6) is 0 Å². The molecule has 22 heavy (non-hydrogen) atoms. The Labute approximate surface area is 141 Å². The number of aryl methyl sites for hydroxylation is 1. The molecule has 1 saturated heterocycles. The molecule has 0 spiro atoms. The molecule has 0 bridgehead atoms. The van der Waals surface area contributed by atoms with Crippen molar-refractivity contribution < 1.29 is 9.31 Å². The Balaban J connectivity index is 2.49. The zero-order valence-corrected chi connectivity index (χ0v) is 15.3. The summed E-state index contributed by atoms with van der Waals surface area (Å²) in [6.07, 6.45) is 1.39. The van der Waals surface area contributed by atoms with Crippen LogP contribution in [-0.2, 0) is 15.7 Å². The summed E-state index contributed by atoms with van der Waals surface area (Å²) in [4.78, 5) is 0. The Morgan fingerprint density at radius 3 is 2.14 bits per heavy atom. The molecule has 2 nitrogen and oxygen atoms in total. The molecular formula is C17H25B2ClO2. The average Bonchev–Trinajstić information content (AvgIpc) is 2.57. The van der Waals surface area contributed by atoms with Crippen LogP contribution in [0.4, 0.5) is 0 Å². The fraction of sp³-hybridized carbons (Fsp3) is 0.647. The third-order valence-electron chi connectivity index (χ3n) is 4.74. The van der Waals surface area contributed by atoms with Gasteiger partial charge in [-0.2, -0.15) is 0 Å². The van der Waals surface area contributed by atoms with Crippen LogP contribution in [0.25, 0.3) is 0 Å². The third kappa shape index (κ3) is 3.25. The van der Waals surface area contributed by atoms with E-state index >= 15 is 0 Å². The van der Waals surface area contributed by atoms with E-state index in [0.717, 1.165) is 28.0 Å². The number of hydrogen-bond acceptors (Lipinski definition) is 2. The van der Waals surface area contributed by atoms with Crippen molar-refractivity contribution in [2.45, 2.75) is 71.4 Å². The van der Waals surface area contributed by atoms with E-state index in [1.165, 1.54) is 0 Å². The van der Waals surface area contributed by atoms with Crippen molar-refractivity contribution in [1.29, 1.82) is 0 Å². The predicted octanol–water partition coefficient (Wildman–Crippen LogP) is 3.89. The van der Waals surface area contributed by atoms with Crippen LogP contribution in [0.15, 0.2) is 12.1 Å². The number of halogens is 1. The molecule has 0 aromatic heterocycles. The van der Waals surface area contributed by atoms with E-state index in [4.69, 9.17) is 28.8 Å². The van der Waals surface area contributed by atoms with Crippen molar-refractivity contribution in [2.75, 3.05) is 0 Å². The second-order valence-corrected chi connectivity index (χ2v) is 7.77. The van der Waals surface area contributed by atoms with Crippen molar-refractivity contribution in [2.24, 2.45) is 0 Å². The molecule has 0 aliphatic carbocycles. The van der Waals surface area contributed by atoms with Gasteiger partial charge in [-0.1, -0.05) is 37.8 Å². The van der Waals surface area contributed by atoms with Gasteiger partial charge in [0.2, 0.25) is 0 Å². The fourth-order valence-electron chi connectivity index (χ4n) is 2.78. The highest BCUT2D eigenvalue weighted by Crippen LogP contribution is 2.37. The quantitative estimate of drug-likeness (QED) is 0.784. The van der Waals surface area contributed by atoms with Gasteiger partial charge in [0.15, 0.2) is 0 Å². The minimum Gasteiger partial charge on any atom is -0.399 e. The molecule has 1 heterocycles. The number of rotatable bonds is 4. The zero-order chi connectivity index (χ0) is 16.7. The molecule has 118 valence electrons. The lowest BCUT2D eigenvalue weighted by Gasteiger charge is -2.32. The molecule has 1 aromatic carbocycles. The van der Waals surface area contributed by atoms with Crippen molar-refractivity contribution in [3.63, 3.8) is 0 Å². The number of hydrogen-bond donors (Lipinski definition) is 0. The predicted molar refractivity (Wildman–Crippen MR) is 95.5 cm³/mol. The van der Waals surface area contributed by atoms with Crippen LogP contribution in [-0.4, -0.2) is 26.2 Å². The zero-order valence-electron chi connectivity index (χ0n) is 14.5. The molecule has 0 amide bonds. The first-order chi connectivity index (χ1) is 10.1. The number of benzene rings is 1. The summed E-state index contributed by atoms with van der Waals surface area (Å²) >= 11 is 6.53. The Hall–Kier alpha value is -0.440. The summed E-state index contributed by atoms with van der Waals surface area (Å²) in [5.74, 6) is 0.299. The lowest BCUT2D eigenvalue weighted by Crippen LogP contribution is -2.41. The topological polar surface area (TPSA) is 18.5 Å². The average molecular weight is 318 g/mol. The van der Waals surface area contributed by atoms with E-state index in [9.17, 15) is 0 Å². The highest BCUT2D eigenvalue weighted by atomic mass is 35.5. The van der Waals surface area contributed by atoms with Gasteiger partial charge in [-0.25, -0.2) is 0 Å². The molecule has 0 atom stereocenters. The summed E-state index contributed by atoms with van der Waals surface area (Å²) in [6, 6.07) is 4.15. The Morgan fingerprint density at radius 1 is 1.14 bits per heavy atom. The third-order valence-corrected chi connectivity index (χ3v) is 5.05. The molecule has 1 aliphatic heterocycles. The maximum Gasteiger partial charge on any atom is 0.495 e. The summed E-state index contributed by atoms with van der Waals surface area (Å²) in [6.45, 7) is 12.5. The van der Waals surface area contributed by atoms with E-state index < -0.39 is 7.12 Å². The minimum atomic E-state index is -0.391. The summed E-state index contributed by atoms with van der Waals surface area (Å²) < 4.78 is 12.4. The lowest BCUT2D eigenvalue weighted by molar-refractivity contribution is 0.00578. The maximum absolute atomic E-state index is 6.53. The molecule has 0 saturated carbocycles. The Morgan fingerprint density at radius 2 is 1.68 bits per heavy atom. The maximum atomic E-state index is 6.53. The molecule has 0 unspecified atom stereocenters. The molecule has 1 fully saturated rings. The van der Waals surface area contributed by atoms with E-state index in [2.05, 4.69) is 47.6 Å². The van der Waals surface area contributed by atoms with Gasteiger partial charge < -0.3 is 9.31 Å². The minimum absolute atomic E-state index is 0.299. The Bertz CT molecular complexity index is 540. The van der Waals surface area contributed by atoms with Gasteiger partial charge in [-0.3, -0.25) is 0 Å². The molecule has 2 radical (unpaired) electrons. The molecule has 5 heteroatoms. The summed E-state index contributed by atoms with van der Waals surface area (Å²) in [5, 5.41) is 0.769. The standard InChI is InChI=1S/C17H25B2ClO2/c1-11(2)15-13(9-12(7-8-18)10-14(15)20)19-21-16(3,4)17(5,6)22-19/h9-11H,7-8H2,1-6H3. The van der Waals surface area contributed by atoms with Crippen molar-refractivity contribution in [1.82, 2.24) is 0 Å². The van der Waals surface area contributed by atoms with E-state index in [-0.39, 0.29) is 11.2 Å². The fourth-order valence-corrected chi connectivity index (χ4v) is 3.25. The molecule has 2 rings (SSSR count). The van der Waals surface area contributed by atoms with Gasteiger partial charge in [-0.05, 0) is 62.7 Å². The van der Waals surface area contributed by atoms with Crippen LogP contribution < -0.4 is 5.46 Å². The largest absolute Gasteiger partial charge is 0.495 e. The van der Waals surface area contributed by atoms with Gasteiger partial charge in [0.1, 0.15) is 0 Å². The van der Waals surface area contributed by atoms with Crippen LogP contribution in [0, 0.1) is 0 Å². The molecule has 0 N–H and O–H groups in total. The second kappa shape index (κ2) is 6.22. The lowest BCUT2D eigenvalue weighted by atomic mass is 9.72. The van der Waals surface area contributed by atoms with E-state index in [1.807, 2.05) is 6.07 Å². The van der Waals surface area contributed by atoms with Gasteiger partial charge in [-0.15, -0.1) is 0 Å². The van der Waals surface area contributed by atoms with Crippen molar-refractivity contribution in [3.05, 3.63) is 28.3 Å². The first-order valence-electron chi connectivity index (χ1n) is 7.97. The highest BCUT2D eigenvalue weighted by molar-refractivity contribution is 6.63. The van der Waals surface area contributed by atoms with Crippen molar-refractivity contribution >= 4 is 32.0 Å². The summed E-state index contributed by atoms with van der Waals surface area (Å²) in [5.41, 5.74) is 2.54. The second-order valence-electron chi connectivity index (χ2n) is 7.36. The van der Waals surface area contributed by atoms with Crippen molar-refractivity contribution in [3.8, 4) is 0 Å². The SMILES string of the molecule is [B]CCc1cc(Cl)c(C(C)C)c(B2OC(C)(C)C(C)(C)O2)c1. The van der Waals surface area contributed by atoms with Gasteiger partial charge >= 0.3 is 7.12 Å². The highest BCUT2D eigenvalue weighted by Gasteiger charge is 2.52. The van der Waals surface area contributed by atoms with Gasteiger partial charge in [0.25, 0.3) is 0 Å². The monoisotopic (exact) mass is 318 g/mol. The normalized spacial score (nSPS) is 19.9.